The van der Waals surface area contributed by atoms with Gasteiger partial charge in [0.25, 0.3) is 0 Å². The second-order valence-electron chi connectivity index (χ2n) is 3.99. The molecule has 0 spiro atoms. The Hall–Kier alpha value is -0.540. The third kappa shape index (κ3) is 4.68. The summed E-state index contributed by atoms with van der Waals surface area (Å²) >= 11 is 12.2. The maximum atomic E-state index is 6.12. The monoisotopic (exact) mass is 272 g/mol. The van der Waals surface area contributed by atoms with Crippen LogP contribution in [0.2, 0.25) is 10.0 Å². The average molecular weight is 273 g/mol. The van der Waals surface area contributed by atoms with E-state index in [1.54, 1.807) is 0 Å². The molecule has 0 amide bonds. The van der Waals surface area contributed by atoms with Gasteiger partial charge in [-0.25, -0.2) is 0 Å². The van der Waals surface area contributed by atoms with Crippen molar-refractivity contribution in [3.8, 4) is 0 Å². The van der Waals surface area contributed by atoms with Gasteiger partial charge in [0.1, 0.15) is 0 Å². The summed E-state index contributed by atoms with van der Waals surface area (Å²) in [6.45, 7) is 3.70. The van der Waals surface area contributed by atoms with Gasteiger partial charge in [0.05, 0.1) is 0 Å². The van der Waals surface area contributed by atoms with E-state index in [-0.39, 0.29) is 6.04 Å². The third-order valence-corrected chi connectivity index (χ3v) is 3.42. The normalized spacial score (nSPS) is 12.4. The summed E-state index contributed by atoms with van der Waals surface area (Å²) in [4.78, 5) is 0. The first-order valence-corrected chi connectivity index (χ1v) is 6.44. The molecule has 0 aliphatic carbocycles. The molecule has 1 atom stereocenters. The van der Waals surface area contributed by atoms with Crippen LogP contribution in [0.15, 0.2) is 30.9 Å². The lowest BCUT2D eigenvalue weighted by atomic mass is 10.0. The van der Waals surface area contributed by atoms with Crippen molar-refractivity contribution in [2.75, 3.05) is 0 Å². The molecule has 1 rings (SSSR count). The van der Waals surface area contributed by atoms with Crippen molar-refractivity contribution in [3.05, 3.63) is 46.5 Å². The van der Waals surface area contributed by atoms with Crippen LogP contribution in [0, 0.1) is 0 Å². The third-order valence-electron chi connectivity index (χ3n) is 2.71. The van der Waals surface area contributed by atoms with Gasteiger partial charge in [0.2, 0.25) is 0 Å². The molecule has 2 nitrogen and oxygen atoms in total. The molecular formula is C13H18Cl2N2. The molecule has 94 valence electrons. The molecule has 0 aliphatic rings. The van der Waals surface area contributed by atoms with Crippen molar-refractivity contribution in [2.45, 2.75) is 31.7 Å². The minimum absolute atomic E-state index is 0.187. The highest BCUT2D eigenvalue weighted by Crippen LogP contribution is 2.26. The zero-order valence-electron chi connectivity index (χ0n) is 9.76. The topological polar surface area (TPSA) is 38.0 Å². The molecule has 4 heteroatoms. The highest BCUT2D eigenvalue weighted by Gasteiger charge is 2.12. The van der Waals surface area contributed by atoms with E-state index in [9.17, 15) is 0 Å². The first-order chi connectivity index (χ1) is 8.19. The molecule has 0 saturated heterocycles. The van der Waals surface area contributed by atoms with Crippen molar-refractivity contribution in [1.29, 1.82) is 0 Å². The van der Waals surface area contributed by atoms with Crippen molar-refractivity contribution < 1.29 is 0 Å². The van der Waals surface area contributed by atoms with Gasteiger partial charge < -0.3 is 0 Å². The maximum absolute atomic E-state index is 6.12. The largest absolute Gasteiger partial charge is 0.271 e. The molecule has 3 N–H and O–H groups in total. The summed E-state index contributed by atoms with van der Waals surface area (Å²) in [5.41, 5.74) is 3.77. The Bertz CT molecular complexity index is 346. The molecule has 0 radical (unpaired) electrons. The van der Waals surface area contributed by atoms with Crippen molar-refractivity contribution >= 4 is 23.2 Å². The lowest BCUT2D eigenvalue weighted by molar-refractivity contribution is 0.478. The van der Waals surface area contributed by atoms with Crippen molar-refractivity contribution in [3.63, 3.8) is 0 Å². The summed E-state index contributed by atoms with van der Waals surface area (Å²) in [5, 5.41) is 1.39. The van der Waals surface area contributed by atoms with Gasteiger partial charge in [-0.15, -0.1) is 6.58 Å². The summed E-state index contributed by atoms with van der Waals surface area (Å²) in [7, 11) is 0. The molecule has 17 heavy (non-hydrogen) atoms. The zero-order chi connectivity index (χ0) is 12.7. The van der Waals surface area contributed by atoms with E-state index in [0.29, 0.717) is 10.0 Å². The Kier molecular flexibility index (Phi) is 6.60. The Morgan fingerprint density at radius 2 is 2.00 bits per heavy atom. The Labute approximate surface area is 113 Å². The average Bonchev–Trinajstić information content (AvgIpc) is 2.32. The van der Waals surface area contributed by atoms with Crippen LogP contribution in [0.3, 0.4) is 0 Å². The molecule has 0 fully saturated rings. The smallest absolute Gasteiger partial charge is 0.0453 e. The van der Waals surface area contributed by atoms with Gasteiger partial charge in [0.15, 0.2) is 0 Å². The van der Waals surface area contributed by atoms with Crippen LogP contribution >= 0.6 is 23.2 Å². The zero-order valence-corrected chi connectivity index (χ0v) is 11.3. The quantitative estimate of drug-likeness (QED) is 0.344. The van der Waals surface area contributed by atoms with Gasteiger partial charge in [-0.3, -0.25) is 11.3 Å². The fraction of sp³-hybridized carbons (Fsp3) is 0.385. The molecule has 0 heterocycles. The van der Waals surface area contributed by atoms with E-state index in [1.807, 2.05) is 24.3 Å². The standard InChI is InChI=1S/C13H18Cl2N2/c1-2-3-4-6-10(17-16)9-11-12(14)7-5-8-13(11)15/h2,5,7-8,10,17H,1,3-4,6,9,16H2. The molecule has 1 aromatic carbocycles. The lowest BCUT2D eigenvalue weighted by Crippen LogP contribution is -2.36. The molecule has 1 unspecified atom stereocenters. The van der Waals surface area contributed by atoms with Gasteiger partial charge in [-0.1, -0.05) is 35.3 Å². The number of benzene rings is 1. The first-order valence-electron chi connectivity index (χ1n) is 5.69. The Morgan fingerprint density at radius 3 is 2.53 bits per heavy atom. The van der Waals surface area contributed by atoms with Crippen LogP contribution in [0.25, 0.3) is 0 Å². The van der Waals surface area contributed by atoms with E-state index in [0.717, 1.165) is 31.2 Å². The number of hydrazine groups is 1. The second kappa shape index (κ2) is 7.72. The van der Waals surface area contributed by atoms with Crippen LogP contribution in [0.4, 0.5) is 0 Å². The fourth-order valence-electron chi connectivity index (χ4n) is 1.73. The highest BCUT2D eigenvalue weighted by atomic mass is 35.5. The van der Waals surface area contributed by atoms with E-state index in [2.05, 4.69) is 12.0 Å². The van der Waals surface area contributed by atoms with E-state index >= 15 is 0 Å². The van der Waals surface area contributed by atoms with Gasteiger partial charge in [-0.2, -0.15) is 0 Å². The molecule has 0 aromatic heterocycles. The van der Waals surface area contributed by atoms with E-state index in [1.165, 1.54) is 0 Å². The number of rotatable bonds is 7. The summed E-state index contributed by atoms with van der Waals surface area (Å²) < 4.78 is 0. The number of allylic oxidation sites excluding steroid dienone is 1. The van der Waals surface area contributed by atoms with Crippen LogP contribution in [-0.2, 0) is 6.42 Å². The number of hydrogen-bond acceptors (Lipinski definition) is 2. The van der Waals surface area contributed by atoms with Gasteiger partial charge >= 0.3 is 0 Å². The van der Waals surface area contributed by atoms with Crippen LogP contribution < -0.4 is 11.3 Å². The SMILES string of the molecule is C=CCCCC(Cc1c(Cl)cccc1Cl)NN. The molecule has 0 bridgehead atoms. The van der Waals surface area contributed by atoms with Crippen LogP contribution in [0.1, 0.15) is 24.8 Å². The Balaban J connectivity index is 2.63. The number of unbranched alkanes of at least 4 members (excludes halogenated alkanes) is 1. The molecule has 1 aromatic rings. The minimum Gasteiger partial charge on any atom is -0.271 e. The highest BCUT2D eigenvalue weighted by molar-refractivity contribution is 6.35. The summed E-state index contributed by atoms with van der Waals surface area (Å²) in [6.07, 6.45) is 5.68. The number of halogens is 2. The predicted molar refractivity (Wildman–Crippen MR) is 75.3 cm³/mol. The van der Waals surface area contributed by atoms with Crippen LogP contribution in [-0.4, -0.2) is 6.04 Å². The number of hydrogen-bond donors (Lipinski definition) is 2. The Morgan fingerprint density at radius 1 is 1.35 bits per heavy atom. The summed E-state index contributed by atoms with van der Waals surface area (Å²) in [6, 6.07) is 5.73. The summed E-state index contributed by atoms with van der Waals surface area (Å²) in [5.74, 6) is 5.54. The predicted octanol–water partition coefficient (Wildman–Crippen LogP) is 3.72. The van der Waals surface area contributed by atoms with Crippen molar-refractivity contribution in [2.24, 2.45) is 5.84 Å². The van der Waals surface area contributed by atoms with Crippen LogP contribution in [0.5, 0.6) is 0 Å². The lowest BCUT2D eigenvalue weighted by Gasteiger charge is -2.17. The molecular weight excluding hydrogens is 255 g/mol. The van der Waals surface area contributed by atoms with E-state index in [4.69, 9.17) is 29.0 Å². The maximum Gasteiger partial charge on any atom is 0.0453 e. The minimum atomic E-state index is 0.187. The van der Waals surface area contributed by atoms with Gasteiger partial charge in [-0.05, 0) is 43.4 Å². The number of nitrogens with two attached hydrogens (primary N) is 1. The second-order valence-corrected chi connectivity index (χ2v) is 4.80. The first kappa shape index (κ1) is 14.5. The molecule has 0 aliphatic heterocycles. The van der Waals surface area contributed by atoms with E-state index < -0.39 is 0 Å². The van der Waals surface area contributed by atoms with Crippen molar-refractivity contribution in [1.82, 2.24) is 5.43 Å². The van der Waals surface area contributed by atoms with Gasteiger partial charge in [0, 0.05) is 16.1 Å². The number of nitrogens with one attached hydrogen (secondary N) is 1. The molecule has 0 saturated carbocycles. The fourth-order valence-corrected chi connectivity index (χ4v) is 2.28.